The summed E-state index contributed by atoms with van der Waals surface area (Å²) in [5.74, 6) is 0. The number of rotatable bonds is 3. The fourth-order valence-corrected chi connectivity index (χ4v) is 7.18. The summed E-state index contributed by atoms with van der Waals surface area (Å²) in [7, 11) is -3.68. The zero-order valence-electron chi connectivity index (χ0n) is 12.9. The lowest BCUT2D eigenvalue weighted by atomic mass is 10.2. The Labute approximate surface area is 157 Å². The van der Waals surface area contributed by atoms with Gasteiger partial charge in [-0.1, -0.05) is 66.7 Å². The van der Waals surface area contributed by atoms with E-state index >= 15 is 0 Å². The molecule has 3 aromatic rings. The van der Waals surface area contributed by atoms with Gasteiger partial charge < -0.3 is 4.57 Å². The third-order valence-electron chi connectivity index (χ3n) is 3.85. The highest BCUT2D eigenvalue weighted by Gasteiger charge is 2.42. The van der Waals surface area contributed by atoms with Crippen LogP contribution >= 0.6 is 29.7 Å². The third-order valence-corrected chi connectivity index (χ3v) is 8.33. The molecule has 0 aliphatic carbocycles. The van der Waals surface area contributed by atoms with E-state index in [2.05, 4.69) is 0 Å². The average Bonchev–Trinajstić information content (AvgIpc) is 2.61. The predicted octanol–water partition coefficient (Wildman–Crippen LogP) is 4.95. The van der Waals surface area contributed by atoms with E-state index in [4.69, 9.17) is 0 Å². The smallest absolute Gasteiger partial charge is 0.309 e. The molecule has 0 atom stereocenters. The van der Waals surface area contributed by atoms with Crippen LogP contribution in [0.1, 0.15) is 5.56 Å². The summed E-state index contributed by atoms with van der Waals surface area (Å²) in [5.41, 5.74) is -0.851. The van der Waals surface area contributed by atoms with Gasteiger partial charge in [0.25, 0.3) is 0 Å². The molecular formula is C19H13F3IOP. The second-order valence-corrected chi connectivity index (χ2v) is 9.27. The van der Waals surface area contributed by atoms with Crippen molar-refractivity contribution in [3.05, 3.63) is 88.0 Å². The van der Waals surface area contributed by atoms with Crippen LogP contribution in [0.2, 0.25) is 0 Å². The molecule has 3 rings (SSSR count). The summed E-state index contributed by atoms with van der Waals surface area (Å²) >= 11 is 1.83. The molecule has 0 radical (unpaired) electrons. The van der Waals surface area contributed by atoms with Gasteiger partial charge in [0.2, 0.25) is 0 Å². The molecule has 0 amide bonds. The zero-order valence-corrected chi connectivity index (χ0v) is 15.9. The number of alkyl halides is 3. The lowest BCUT2D eigenvalue weighted by molar-refractivity contribution is -0.136. The van der Waals surface area contributed by atoms with E-state index in [0.717, 1.165) is 6.07 Å². The fourth-order valence-electron chi connectivity index (χ4n) is 2.75. The van der Waals surface area contributed by atoms with Gasteiger partial charge in [0.05, 0.1) is 5.56 Å². The van der Waals surface area contributed by atoms with Crippen LogP contribution in [0.4, 0.5) is 13.2 Å². The highest BCUT2D eigenvalue weighted by molar-refractivity contribution is 14.1. The first-order valence-corrected chi connectivity index (χ1v) is 10.2. The quantitative estimate of drug-likeness (QED) is 0.390. The second kappa shape index (κ2) is 6.96. The van der Waals surface area contributed by atoms with Crippen molar-refractivity contribution in [3.8, 4) is 0 Å². The standard InChI is InChI=1S/C19H13F3IOP/c20-19(21,22)16-12-7-13-17(23)18(16)25(24,14-8-3-1-4-9-14)15-10-5-2-6-11-15/h1-13H. The minimum atomic E-state index is -4.59. The van der Waals surface area contributed by atoms with E-state index in [1.165, 1.54) is 6.07 Å². The molecule has 0 saturated heterocycles. The first kappa shape index (κ1) is 18.2. The van der Waals surface area contributed by atoms with Crippen LogP contribution in [0.25, 0.3) is 0 Å². The maximum Gasteiger partial charge on any atom is 0.417 e. The summed E-state index contributed by atoms with van der Waals surface area (Å²) < 4.78 is 55.5. The van der Waals surface area contributed by atoms with Gasteiger partial charge in [-0.15, -0.1) is 0 Å². The van der Waals surface area contributed by atoms with Crippen molar-refractivity contribution in [2.75, 3.05) is 0 Å². The first-order chi connectivity index (χ1) is 11.8. The van der Waals surface area contributed by atoms with Crippen molar-refractivity contribution in [1.82, 2.24) is 0 Å². The Hall–Kier alpha value is -1.59. The van der Waals surface area contributed by atoms with Crippen molar-refractivity contribution in [1.29, 1.82) is 0 Å². The van der Waals surface area contributed by atoms with E-state index in [0.29, 0.717) is 14.2 Å². The lowest BCUT2D eigenvalue weighted by Crippen LogP contribution is -2.32. The molecular weight excluding hydrogens is 459 g/mol. The molecule has 0 heterocycles. The molecule has 6 heteroatoms. The van der Waals surface area contributed by atoms with Gasteiger partial charge in [-0.3, -0.25) is 0 Å². The van der Waals surface area contributed by atoms with Crippen LogP contribution in [0.5, 0.6) is 0 Å². The van der Waals surface area contributed by atoms with E-state index in [-0.39, 0.29) is 5.30 Å². The predicted molar refractivity (Wildman–Crippen MR) is 104 cm³/mol. The number of halogens is 4. The summed E-state index contributed by atoms with van der Waals surface area (Å²) in [6.45, 7) is 0. The molecule has 0 aromatic heterocycles. The van der Waals surface area contributed by atoms with Crippen molar-refractivity contribution < 1.29 is 17.7 Å². The van der Waals surface area contributed by atoms with Crippen molar-refractivity contribution in [2.45, 2.75) is 6.18 Å². The Bertz CT molecular complexity index is 881. The minimum absolute atomic E-state index is 0.152. The van der Waals surface area contributed by atoms with E-state index < -0.39 is 18.9 Å². The van der Waals surface area contributed by atoms with Gasteiger partial charge in [0.15, 0.2) is 7.14 Å². The SMILES string of the molecule is O=P(c1ccccc1)(c1ccccc1)c1c(I)cccc1C(F)(F)F. The number of hydrogen-bond donors (Lipinski definition) is 0. The van der Waals surface area contributed by atoms with Crippen LogP contribution < -0.4 is 15.9 Å². The Morgan fingerprint density at radius 1 is 0.720 bits per heavy atom. The highest BCUT2D eigenvalue weighted by atomic mass is 127. The molecule has 1 nitrogen and oxygen atoms in total. The van der Waals surface area contributed by atoms with Gasteiger partial charge in [-0.25, -0.2) is 0 Å². The molecule has 0 unspecified atom stereocenters. The molecule has 0 aliphatic rings. The summed E-state index contributed by atoms with van der Waals surface area (Å²) in [4.78, 5) is 0. The fraction of sp³-hybridized carbons (Fsp3) is 0.0526. The molecule has 3 aromatic carbocycles. The number of hydrogen-bond acceptors (Lipinski definition) is 1. The van der Waals surface area contributed by atoms with Crippen molar-refractivity contribution >= 4 is 45.6 Å². The van der Waals surface area contributed by atoms with Crippen molar-refractivity contribution in [3.63, 3.8) is 0 Å². The van der Waals surface area contributed by atoms with E-state index in [9.17, 15) is 17.7 Å². The molecule has 0 N–H and O–H groups in total. The minimum Gasteiger partial charge on any atom is -0.309 e. The average molecular weight is 472 g/mol. The van der Waals surface area contributed by atoms with Gasteiger partial charge in [-0.05, 0) is 34.7 Å². The van der Waals surface area contributed by atoms with Crippen LogP contribution in [0, 0.1) is 3.57 Å². The Morgan fingerprint density at radius 3 is 1.64 bits per heavy atom. The third kappa shape index (κ3) is 3.40. The number of benzene rings is 3. The van der Waals surface area contributed by atoms with Crippen LogP contribution in [0.3, 0.4) is 0 Å². The summed E-state index contributed by atoms with van der Waals surface area (Å²) in [6.07, 6.45) is -4.59. The molecule has 0 saturated carbocycles. The van der Waals surface area contributed by atoms with Gasteiger partial charge in [-0.2, -0.15) is 13.2 Å². The second-order valence-electron chi connectivity index (χ2n) is 5.41. The maximum atomic E-state index is 14.2. The Balaban J connectivity index is 2.42. The molecule has 0 aliphatic heterocycles. The Morgan fingerprint density at radius 2 is 1.20 bits per heavy atom. The normalized spacial score (nSPS) is 12.2. The Kier molecular flexibility index (Phi) is 5.07. The topological polar surface area (TPSA) is 17.1 Å². The lowest BCUT2D eigenvalue weighted by Gasteiger charge is -2.24. The van der Waals surface area contributed by atoms with Crippen LogP contribution in [-0.4, -0.2) is 0 Å². The summed E-state index contributed by atoms with van der Waals surface area (Å²) in [6, 6.07) is 20.6. The molecule has 0 bridgehead atoms. The molecule has 128 valence electrons. The van der Waals surface area contributed by atoms with Gasteiger partial charge >= 0.3 is 6.18 Å². The molecule has 0 spiro atoms. The van der Waals surface area contributed by atoms with Crippen molar-refractivity contribution in [2.24, 2.45) is 0 Å². The molecule has 25 heavy (non-hydrogen) atoms. The van der Waals surface area contributed by atoms with E-state index in [1.54, 1.807) is 66.7 Å². The zero-order chi connectivity index (χ0) is 18.1. The van der Waals surface area contributed by atoms with E-state index in [1.807, 2.05) is 22.6 Å². The van der Waals surface area contributed by atoms with Crippen LogP contribution in [0.15, 0.2) is 78.9 Å². The van der Waals surface area contributed by atoms with Crippen LogP contribution in [-0.2, 0) is 10.7 Å². The monoisotopic (exact) mass is 472 g/mol. The largest absolute Gasteiger partial charge is 0.417 e. The highest BCUT2D eigenvalue weighted by Crippen LogP contribution is 2.47. The van der Waals surface area contributed by atoms with Gasteiger partial charge in [0, 0.05) is 19.5 Å². The molecule has 0 fully saturated rings. The maximum absolute atomic E-state index is 14.2. The first-order valence-electron chi connectivity index (χ1n) is 7.42. The summed E-state index contributed by atoms with van der Waals surface area (Å²) in [5, 5.41) is 0.618. The van der Waals surface area contributed by atoms with Gasteiger partial charge in [0.1, 0.15) is 0 Å².